The molecular weight excluding hydrogens is 410 g/mol. The van der Waals surface area contributed by atoms with Crippen LogP contribution in [-0.4, -0.2) is 45.8 Å². The number of amides is 3. The van der Waals surface area contributed by atoms with E-state index in [1.54, 1.807) is 16.9 Å². The maximum atomic E-state index is 12.9. The molecule has 0 saturated carbocycles. The fourth-order valence-corrected chi connectivity index (χ4v) is 3.03. The van der Waals surface area contributed by atoms with Crippen molar-refractivity contribution in [1.29, 1.82) is 0 Å². The molecule has 0 saturated heterocycles. The Morgan fingerprint density at radius 1 is 1.09 bits per heavy atom. The number of aromatic nitrogens is 3. The molecule has 9 heteroatoms. The maximum Gasteiger partial charge on any atom is 0.339 e. The first-order valence-electron chi connectivity index (χ1n) is 10.4. The number of hydrogen-bond donors (Lipinski definition) is 2. The SMILES string of the molecule is CC(C)CNC(=O)NC(=O)COC(=O)c1cc(-c2ccccc2)nc2c1cnn2C(C)C. The highest BCUT2D eigenvalue weighted by Crippen LogP contribution is 2.26. The van der Waals surface area contributed by atoms with Gasteiger partial charge in [0.15, 0.2) is 12.3 Å². The van der Waals surface area contributed by atoms with E-state index in [0.29, 0.717) is 23.3 Å². The number of fused-ring (bicyclic) bond motifs is 1. The second kappa shape index (κ2) is 10.0. The number of pyridine rings is 1. The van der Waals surface area contributed by atoms with Gasteiger partial charge in [-0.3, -0.25) is 10.1 Å². The van der Waals surface area contributed by atoms with Crippen molar-refractivity contribution in [2.75, 3.05) is 13.2 Å². The Kier molecular flexibility index (Phi) is 7.19. The molecule has 0 radical (unpaired) electrons. The lowest BCUT2D eigenvalue weighted by molar-refractivity contribution is -0.123. The zero-order chi connectivity index (χ0) is 23.3. The summed E-state index contributed by atoms with van der Waals surface area (Å²) in [7, 11) is 0. The van der Waals surface area contributed by atoms with Crippen molar-refractivity contribution in [2.45, 2.75) is 33.7 Å². The maximum absolute atomic E-state index is 12.9. The van der Waals surface area contributed by atoms with Crippen LogP contribution in [0.2, 0.25) is 0 Å². The first-order chi connectivity index (χ1) is 15.3. The molecule has 0 aliphatic carbocycles. The van der Waals surface area contributed by atoms with Gasteiger partial charge in [-0.1, -0.05) is 44.2 Å². The molecule has 2 N–H and O–H groups in total. The number of rotatable bonds is 7. The summed E-state index contributed by atoms with van der Waals surface area (Å²) >= 11 is 0. The third-order valence-corrected chi connectivity index (χ3v) is 4.60. The van der Waals surface area contributed by atoms with E-state index in [4.69, 9.17) is 9.72 Å². The van der Waals surface area contributed by atoms with Crippen LogP contribution in [0, 0.1) is 5.92 Å². The molecule has 9 nitrogen and oxygen atoms in total. The van der Waals surface area contributed by atoms with Gasteiger partial charge in [-0.05, 0) is 25.8 Å². The number of carbonyl (C=O) groups excluding carboxylic acids is 3. The van der Waals surface area contributed by atoms with E-state index in [1.807, 2.05) is 58.0 Å². The molecule has 0 aliphatic rings. The van der Waals surface area contributed by atoms with Crippen LogP contribution in [-0.2, 0) is 9.53 Å². The minimum Gasteiger partial charge on any atom is -0.452 e. The molecule has 0 spiro atoms. The lowest BCUT2D eigenvalue weighted by atomic mass is 10.1. The number of urea groups is 1. The third kappa shape index (κ3) is 5.48. The van der Waals surface area contributed by atoms with Crippen molar-refractivity contribution in [2.24, 2.45) is 5.92 Å². The van der Waals surface area contributed by atoms with E-state index in [9.17, 15) is 14.4 Å². The van der Waals surface area contributed by atoms with Crippen molar-refractivity contribution in [3.63, 3.8) is 0 Å². The zero-order valence-corrected chi connectivity index (χ0v) is 18.6. The van der Waals surface area contributed by atoms with Gasteiger partial charge >= 0.3 is 12.0 Å². The molecule has 0 unspecified atom stereocenters. The highest BCUT2D eigenvalue weighted by atomic mass is 16.5. The predicted molar refractivity (Wildman–Crippen MR) is 120 cm³/mol. The van der Waals surface area contributed by atoms with Crippen LogP contribution in [0.4, 0.5) is 4.79 Å². The summed E-state index contributed by atoms with van der Waals surface area (Å²) in [4.78, 5) is 41.3. The molecule has 1 aromatic carbocycles. The van der Waals surface area contributed by atoms with Crippen LogP contribution in [0.1, 0.15) is 44.1 Å². The fraction of sp³-hybridized carbons (Fsp3) is 0.348. The predicted octanol–water partition coefficient (Wildman–Crippen LogP) is 3.32. The van der Waals surface area contributed by atoms with E-state index in [2.05, 4.69) is 15.7 Å². The summed E-state index contributed by atoms with van der Waals surface area (Å²) in [5, 5.41) is 9.59. The molecule has 2 heterocycles. The summed E-state index contributed by atoms with van der Waals surface area (Å²) in [6, 6.07) is 10.5. The summed E-state index contributed by atoms with van der Waals surface area (Å²) in [6.07, 6.45) is 1.56. The largest absolute Gasteiger partial charge is 0.452 e. The van der Waals surface area contributed by atoms with Crippen molar-refractivity contribution in [1.82, 2.24) is 25.4 Å². The first kappa shape index (κ1) is 22.9. The second-order valence-corrected chi connectivity index (χ2v) is 8.07. The highest BCUT2D eigenvalue weighted by molar-refractivity contribution is 6.04. The smallest absolute Gasteiger partial charge is 0.339 e. The molecule has 0 fully saturated rings. The number of esters is 1. The van der Waals surface area contributed by atoms with Crippen LogP contribution in [0.15, 0.2) is 42.6 Å². The normalized spacial score (nSPS) is 11.1. The number of nitrogens with one attached hydrogen (secondary N) is 2. The number of imide groups is 1. The van der Waals surface area contributed by atoms with Gasteiger partial charge in [0, 0.05) is 18.2 Å². The Bertz CT molecular complexity index is 1120. The van der Waals surface area contributed by atoms with Crippen LogP contribution in [0.3, 0.4) is 0 Å². The van der Waals surface area contributed by atoms with E-state index in [1.165, 1.54) is 0 Å². The Hall–Kier alpha value is -3.75. The monoisotopic (exact) mass is 437 g/mol. The molecule has 168 valence electrons. The number of ether oxygens (including phenoxy) is 1. The fourth-order valence-electron chi connectivity index (χ4n) is 3.03. The van der Waals surface area contributed by atoms with Crippen LogP contribution < -0.4 is 10.6 Å². The third-order valence-electron chi connectivity index (χ3n) is 4.60. The summed E-state index contributed by atoms with van der Waals surface area (Å²) < 4.78 is 6.92. The Labute approximate surface area is 186 Å². The number of hydrogen-bond acceptors (Lipinski definition) is 6. The molecule has 3 rings (SSSR count). The van der Waals surface area contributed by atoms with Crippen molar-refractivity contribution < 1.29 is 19.1 Å². The first-order valence-corrected chi connectivity index (χ1v) is 10.4. The van der Waals surface area contributed by atoms with Gasteiger partial charge in [0.2, 0.25) is 0 Å². The quantitative estimate of drug-likeness (QED) is 0.548. The summed E-state index contributed by atoms with van der Waals surface area (Å²) in [6.45, 7) is 7.65. The van der Waals surface area contributed by atoms with E-state index in [-0.39, 0.29) is 17.5 Å². The van der Waals surface area contributed by atoms with Gasteiger partial charge in [-0.2, -0.15) is 5.10 Å². The lowest BCUT2D eigenvalue weighted by Crippen LogP contribution is -2.42. The number of carbonyl (C=O) groups is 3. The molecule has 32 heavy (non-hydrogen) atoms. The number of benzene rings is 1. The Morgan fingerprint density at radius 3 is 2.47 bits per heavy atom. The minimum atomic E-state index is -0.717. The van der Waals surface area contributed by atoms with Gasteiger partial charge in [0.25, 0.3) is 5.91 Å². The van der Waals surface area contributed by atoms with Crippen LogP contribution in [0.25, 0.3) is 22.3 Å². The standard InChI is InChI=1S/C23H27N5O4/c1-14(2)11-24-23(31)27-20(29)13-32-22(30)17-10-19(16-8-6-5-7-9-16)26-21-18(17)12-25-28(21)15(3)4/h5-10,12,14-15H,11,13H2,1-4H3,(H2,24,27,29,31). The Morgan fingerprint density at radius 2 is 1.81 bits per heavy atom. The van der Waals surface area contributed by atoms with Crippen molar-refractivity contribution >= 4 is 28.9 Å². The van der Waals surface area contributed by atoms with E-state index >= 15 is 0 Å². The molecule has 0 atom stereocenters. The van der Waals surface area contributed by atoms with Gasteiger partial charge in [-0.15, -0.1) is 0 Å². The van der Waals surface area contributed by atoms with Gasteiger partial charge in [0.05, 0.1) is 22.8 Å². The molecule has 0 bridgehead atoms. The molecule has 2 aromatic heterocycles. The molecular formula is C23H27N5O4. The minimum absolute atomic E-state index is 0.0324. The molecule has 3 aromatic rings. The highest BCUT2D eigenvalue weighted by Gasteiger charge is 2.20. The lowest BCUT2D eigenvalue weighted by Gasteiger charge is -2.11. The number of nitrogens with zero attached hydrogens (tertiary/aromatic N) is 3. The second-order valence-electron chi connectivity index (χ2n) is 8.07. The van der Waals surface area contributed by atoms with Crippen LogP contribution in [0.5, 0.6) is 0 Å². The van der Waals surface area contributed by atoms with Gasteiger partial charge in [-0.25, -0.2) is 19.3 Å². The Balaban J connectivity index is 1.81. The average Bonchev–Trinajstić information content (AvgIpc) is 3.20. The van der Waals surface area contributed by atoms with Crippen molar-refractivity contribution in [3.05, 3.63) is 48.2 Å². The zero-order valence-electron chi connectivity index (χ0n) is 18.6. The molecule has 0 aliphatic heterocycles. The van der Waals surface area contributed by atoms with Crippen molar-refractivity contribution in [3.8, 4) is 11.3 Å². The van der Waals surface area contributed by atoms with Crippen LogP contribution >= 0.6 is 0 Å². The summed E-state index contributed by atoms with van der Waals surface area (Å²) in [5.74, 6) is -1.17. The topological polar surface area (TPSA) is 115 Å². The molecule has 3 amide bonds. The van der Waals surface area contributed by atoms with E-state index < -0.39 is 24.5 Å². The average molecular weight is 438 g/mol. The van der Waals surface area contributed by atoms with Gasteiger partial charge < -0.3 is 10.1 Å². The van der Waals surface area contributed by atoms with Gasteiger partial charge in [0.1, 0.15) is 0 Å². The van der Waals surface area contributed by atoms with E-state index in [0.717, 1.165) is 5.56 Å². The summed E-state index contributed by atoms with van der Waals surface area (Å²) in [5.41, 5.74) is 2.22.